The van der Waals surface area contributed by atoms with E-state index in [1.807, 2.05) is 86.6 Å². The lowest BCUT2D eigenvalue weighted by atomic mass is 10.0. The molecule has 5 nitrogen and oxygen atoms in total. The fourth-order valence-corrected chi connectivity index (χ4v) is 3.55. The maximum absolute atomic E-state index is 13.4. The van der Waals surface area contributed by atoms with Gasteiger partial charge in [-0.15, -0.1) is 0 Å². The second kappa shape index (κ2) is 8.88. The Kier molecular flexibility index (Phi) is 5.85. The highest BCUT2D eigenvalue weighted by Crippen LogP contribution is 2.34. The normalized spacial score (nSPS) is 13.7. The van der Waals surface area contributed by atoms with Gasteiger partial charge in [0.2, 0.25) is 0 Å². The summed E-state index contributed by atoms with van der Waals surface area (Å²) in [6, 6.07) is 24.0. The second-order valence-electron chi connectivity index (χ2n) is 7.40. The maximum atomic E-state index is 13.4. The Morgan fingerprint density at radius 2 is 1.65 bits per heavy atom. The van der Waals surface area contributed by atoms with E-state index in [2.05, 4.69) is 5.32 Å². The van der Waals surface area contributed by atoms with E-state index in [9.17, 15) is 9.59 Å². The van der Waals surface area contributed by atoms with Crippen molar-refractivity contribution in [3.8, 4) is 5.75 Å². The molecule has 3 aromatic rings. The van der Waals surface area contributed by atoms with E-state index in [4.69, 9.17) is 4.74 Å². The van der Waals surface area contributed by atoms with Crippen molar-refractivity contribution in [2.45, 2.75) is 20.3 Å². The van der Waals surface area contributed by atoms with Crippen LogP contribution in [0.1, 0.15) is 24.5 Å². The summed E-state index contributed by atoms with van der Waals surface area (Å²) in [7, 11) is 0. The third-order valence-corrected chi connectivity index (χ3v) is 4.98. The van der Waals surface area contributed by atoms with Crippen LogP contribution in [-0.4, -0.2) is 18.4 Å². The lowest BCUT2D eigenvalue weighted by molar-refractivity contribution is -0.120. The van der Waals surface area contributed by atoms with Crippen LogP contribution in [0.4, 0.5) is 11.4 Å². The standard InChI is InChI=1S/C26H24N2O3/c1-3-15-31-22-14-8-12-20(17-22)27-24-23(19-10-5-4-6-11-19)25(29)28(26(24)30)21-13-7-9-18(2)16-21/h4-14,16-17,27H,3,15H2,1-2H3. The monoisotopic (exact) mass is 412 g/mol. The van der Waals surface area contributed by atoms with Crippen molar-refractivity contribution < 1.29 is 14.3 Å². The van der Waals surface area contributed by atoms with E-state index in [0.717, 1.165) is 12.0 Å². The first-order valence-electron chi connectivity index (χ1n) is 10.3. The van der Waals surface area contributed by atoms with Gasteiger partial charge >= 0.3 is 0 Å². The van der Waals surface area contributed by atoms with Gasteiger partial charge < -0.3 is 10.1 Å². The van der Waals surface area contributed by atoms with Crippen molar-refractivity contribution in [3.63, 3.8) is 0 Å². The third-order valence-electron chi connectivity index (χ3n) is 4.98. The highest BCUT2D eigenvalue weighted by atomic mass is 16.5. The second-order valence-corrected chi connectivity index (χ2v) is 7.40. The summed E-state index contributed by atoms with van der Waals surface area (Å²) in [5.74, 6) is -0.0157. The molecule has 0 fully saturated rings. The number of nitrogens with zero attached hydrogens (tertiary/aromatic N) is 1. The van der Waals surface area contributed by atoms with E-state index in [-0.39, 0.29) is 17.5 Å². The van der Waals surface area contributed by atoms with Crippen LogP contribution in [-0.2, 0) is 9.59 Å². The highest BCUT2D eigenvalue weighted by molar-refractivity contribution is 6.46. The predicted molar refractivity (Wildman–Crippen MR) is 123 cm³/mol. The Bertz CT molecular complexity index is 1150. The fourth-order valence-electron chi connectivity index (χ4n) is 3.55. The molecule has 0 saturated heterocycles. The quantitative estimate of drug-likeness (QED) is 0.543. The number of imide groups is 1. The van der Waals surface area contributed by atoms with Gasteiger partial charge in [-0.2, -0.15) is 0 Å². The number of rotatable bonds is 7. The first-order valence-corrected chi connectivity index (χ1v) is 10.3. The van der Waals surface area contributed by atoms with Gasteiger partial charge in [-0.05, 0) is 48.7 Å². The lowest BCUT2D eigenvalue weighted by Crippen LogP contribution is -2.32. The SMILES string of the molecule is CCCOc1cccc(NC2=C(c3ccccc3)C(=O)N(c3cccc(C)c3)C2=O)c1. The molecule has 1 heterocycles. The number of benzene rings is 3. The van der Waals surface area contributed by atoms with Gasteiger partial charge in [0.1, 0.15) is 11.4 Å². The molecule has 31 heavy (non-hydrogen) atoms. The molecule has 0 spiro atoms. The molecule has 0 radical (unpaired) electrons. The molecule has 0 bridgehead atoms. The average molecular weight is 412 g/mol. The van der Waals surface area contributed by atoms with Crippen molar-refractivity contribution >= 4 is 28.8 Å². The molecule has 0 saturated carbocycles. The van der Waals surface area contributed by atoms with Crippen LogP contribution in [0.15, 0.2) is 84.6 Å². The third kappa shape index (κ3) is 4.21. The summed E-state index contributed by atoms with van der Waals surface area (Å²) >= 11 is 0. The van der Waals surface area contributed by atoms with Crippen molar-refractivity contribution in [2.75, 3.05) is 16.8 Å². The summed E-state index contributed by atoms with van der Waals surface area (Å²) in [5, 5.41) is 3.19. The average Bonchev–Trinajstić information content (AvgIpc) is 3.02. The van der Waals surface area contributed by atoms with Crippen molar-refractivity contribution in [1.29, 1.82) is 0 Å². The van der Waals surface area contributed by atoms with Crippen LogP contribution in [0.3, 0.4) is 0 Å². The molecular formula is C26H24N2O3. The van der Waals surface area contributed by atoms with Crippen molar-refractivity contribution in [3.05, 3.63) is 95.7 Å². The molecule has 4 rings (SSSR count). The number of ether oxygens (including phenoxy) is 1. The molecule has 0 unspecified atom stereocenters. The topological polar surface area (TPSA) is 58.6 Å². The number of hydrogen-bond donors (Lipinski definition) is 1. The number of hydrogen-bond acceptors (Lipinski definition) is 4. The minimum atomic E-state index is -0.380. The largest absolute Gasteiger partial charge is 0.494 e. The molecule has 1 N–H and O–H groups in total. The predicted octanol–water partition coefficient (Wildman–Crippen LogP) is 5.18. The van der Waals surface area contributed by atoms with Crippen molar-refractivity contribution in [2.24, 2.45) is 0 Å². The molecule has 5 heteroatoms. The van der Waals surface area contributed by atoms with Gasteiger partial charge in [0.25, 0.3) is 11.8 Å². The Balaban J connectivity index is 1.75. The van der Waals surface area contributed by atoms with Crippen LogP contribution >= 0.6 is 0 Å². The van der Waals surface area contributed by atoms with E-state index >= 15 is 0 Å². The van der Waals surface area contributed by atoms with E-state index in [0.29, 0.717) is 34.9 Å². The zero-order valence-corrected chi connectivity index (χ0v) is 17.6. The first-order chi connectivity index (χ1) is 15.1. The van der Waals surface area contributed by atoms with Gasteiger partial charge in [-0.3, -0.25) is 9.59 Å². The molecule has 3 aromatic carbocycles. The zero-order valence-electron chi connectivity index (χ0n) is 17.6. The number of aryl methyl sites for hydroxylation is 1. The van der Waals surface area contributed by atoms with Gasteiger partial charge in [0.05, 0.1) is 17.9 Å². The molecule has 0 aromatic heterocycles. The number of carbonyl (C=O) groups is 2. The number of anilines is 2. The minimum Gasteiger partial charge on any atom is -0.494 e. The summed E-state index contributed by atoms with van der Waals surface area (Å²) in [5.41, 5.74) is 3.51. The van der Waals surface area contributed by atoms with Gasteiger partial charge in [-0.25, -0.2) is 4.90 Å². The smallest absolute Gasteiger partial charge is 0.282 e. The molecule has 0 aliphatic carbocycles. The van der Waals surface area contributed by atoms with E-state index in [1.54, 1.807) is 6.07 Å². The molecule has 2 amide bonds. The van der Waals surface area contributed by atoms with Crippen LogP contribution in [0.25, 0.3) is 5.57 Å². The first kappa shape index (κ1) is 20.4. The summed E-state index contributed by atoms with van der Waals surface area (Å²) < 4.78 is 5.71. The Morgan fingerprint density at radius 1 is 0.871 bits per heavy atom. The Morgan fingerprint density at radius 3 is 2.39 bits per heavy atom. The van der Waals surface area contributed by atoms with Crippen LogP contribution < -0.4 is 15.0 Å². The molecule has 1 aliphatic rings. The van der Waals surface area contributed by atoms with Crippen LogP contribution in [0.5, 0.6) is 5.75 Å². The molecule has 1 aliphatic heterocycles. The lowest BCUT2D eigenvalue weighted by Gasteiger charge is -2.16. The molecule has 156 valence electrons. The van der Waals surface area contributed by atoms with Gasteiger partial charge in [-0.1, -0.05) is 55.5 Å². The number of amides is 2. The summed E-state index contributed by atoms with van der Waals surface area (Å²) in [4.78, 5) is 28.1. The van der Waals surface area contributed by atoms with Gasteiger partial charge in [0, 0.05) is 11.8 Å². The van der Waals surface area contributed by atoms with Gasteiger partial charge in [0.15, 0.2) is 0 Å². The molecule has 0 atom stereocenters. The highest BCUT2D eigenvalue weighted by Gasteiger charge is 2.40. The number of nitrogens with one attached hydrogen (secondary N) is 1. The van der Waals surface area contributed by atoms with Crippen LogP contribution in [0, 0.1) is 6.92 Å². The zero-order chi connectivity index (χ0) is 21.8. The summed E-state index contributed by atoms with van der Waals surface area (Å²) in [6.45, 7) is 4.59. The van der Waals surface area contributed by atoms with E-state index in [1.165, 1.54) is 4.90 Å². The molecular weight excluding hydrogens is 388 g/mol. The minimum absolute atomic E-state index is 0.255. The van der Waals surface area contributed by atoms with E-state index < -0.39 is 0 Å². The fraction of sp³-hybridized carbons (Fsp3) is 0.154. The van der Waals surface area contributed by atoms with Crippen LogP contribution in [0.2, 0.25) is 0 Å². The summed E-state index contributed by atoms with van der Waals surface area (Å²) in [6.07, 6.45) is 0.902. The number of carbonyl (C=O) groups excluding carboxylic acids is 2. The Hall–Kier alpha value is -3.86. The Labute approximate surface area is 182 Å². The maximum Gasteiger partial charge on any atom is 0.282 e. The van der Waals surface area contributed by atoms with Crippen molar-refractivity contribution in [1.82, 2.24) is 0 Å².